The standard InChI is InChI=1S/C72H118F5N11O/c1-17-50(8)66-42-82-65(38-48(5)6)54(12)81-43-67-52(10)56(14)88(67)70(51(9)18-2)55(13)84-71(32-21-22-33-71)47-78-44-68(89-20-4)80-34-31-60(30-29-59-40-63(73)69(64(74)41-59)72(75,76)77)79-35-37-85(16)45-62(39-58-27-25-49(7)26-28-58)86(19-3)46-61-24-23-36-87(61)57(15)53(11)83-66/h25-28,31,34-35,37,40-41,45-46,48,50-57,65-68,70,78-79,81-84H,17-24,29-30,32-33,36,38-39,42-44,47H2,1-16H3/t50-,51-,52+,53?,54?,55?,56?,57-,65-,66+,67?,68+,70-/m0/s1/i21D2,22D2,23D2,24D2,32D2,33D2,36D,42D2,43D2,47D2,52D,53D,54D,55D,56D,57D,65D,66D,67D,70D/hD5/t36?,50-,51-,52+,53?,54?,55?,56?,57-,65-,66+,67?,68+,70-. The molecule has 0 aromatic heterocycles. The number of fused-ring (bicyclic) bond motifs is 2. The molecule has 4 aliphatic rings. The second kappa shape index (κ2) is 35.1. The molecular formula is C72H118F5N11O. The topological polar surface area (TPSA) is 107 Å². The predicted octanol–water partition coefficient (Wildman–Crippen LogP) is 13.7. The van der Waals surface area contributed by atoms with Crippen molar-refractivity contribution < 1.29 is 73.5 Å². The van der Waals surface area contributed by atoms with Crippen LogP contribution in [0, 0.1) is 42.2 Å². The molecule has 89 heavy (non-hydrogen) atoms. The number of hydrogen-bond donors (Lipinski definition) is 6. The molecule has 1 spiro atoms. The van der Waals surface area contributed by atoms with Gasteiger partial charge >= 0.3 is 6.18 Å². The van der Waals surface area contributed by atoms with E-state index < -0.39 is 226 Å². The zero-order valence-corrected chi connectivity index (χ0v) is 54.4. The average Bonchev–Trinajstić information content (AvgIpc) is 1.62. The third-order valence-corrected chi connectivity index (χ3v) is 15.5. The van der Waals surface area contributed by atoms with Gasteiger partial charge in [0, 0.05) is 205 Å². The van der Waals surface area contributed by atoms with Crippen LogP contribution in [-0.4, -0.2) is 144 Å². The molecule has 3 aliphatic heterocycles. The van der Waals surface area contributed by atoms with E-state index in [1.54, 1.807) is 31.2 Å². The van der Waals surface area contributed by atoms with Crippen molar-refractivity contribution in [2.24, 2.45) is 28.6 Å². The van der Waals surface area contributed by atoms with E-state index >= 15 is 8.78 Å². The van der Waals surface area contributed by atoms with Crippen molar-refractivity contribution in [3.05, 3.63) is 118 Å². The van der Waals surface area contributed by atoms with E-state index in [-0.39, 0.29) is 63.6 Å². The van der Waals surface area contributed by atoms with Gasteiger partial charge in [0.05, 0.1) is 1.37 Å². The van der Waals surface area contributed by atoms with Crippen molar-refractivity contribution in [2.75, 3.05) is 52.8 Å². The second-order valence-corrected chi connectivity index (χ2v) is 22.8. The molecule has 6 N–H and O–H groups in total. The molecule has 2 saturated heterocycles. The van der Waals surface area contributed by atoms with Gasteiger partial charge in [0.15, 0.2) is 6.23 Å². The van der Waals surface area contributed by atoms with Crippen LogP contribution in [0.1, 0.15) is 223 Å². The van der Waals surface area contributed by atoms with Gasteiger partial charge in [-0.3, -0.25) is 9.89 Å². The summed E-state index contributed by atoms with van der Waals surface area (Å²) in [5.41, 5.74) is -6.39. The van der Waals surface area contributed by atoms with Crippen molar-refractivity contribution in [3.63, 3.8) is 0 Å². The smallest absolute Gasteiger partial charge is 0.369 e. The largest absolute Gasteiger partial charge is 0.422 e. The fourth-order valence-corrected chi connectivity index (χ4v) is 9.77. The first-order valence-electron chi connectivity index (χ1n) is 47.2. The average molecular weight is 1280 g/mol. The van der Waals surface area contributed by atoms with Crippen LogP contribution in [-0.2, 0) is 23.8 Å². The molecule has 6 unspecified atom stereocenters. The SMILES string of the molecule is [2H]C1N2C(=CN(CC)C(Cc3ccc(C)cc3)=CN(C)C=CNC(CCc3cc(F)c(C(F)(F)F)c(F)c3)=CC=N[C@H](OCC)CN([2H])C([2H])([2H])C3(N([2H])C([2H])(C)[C@]([2H])([C@@H](C)CC)N4C([2H])(C)[C@@]([2H])(C)C4([2H])C([2H])([2H])N([2H])C([2H])(C)[C@]([2H])(CC(C)C)N([2H])C([2H])([2H])[C@]([2H])([C@@H](C)CC)N([2H])C([2H])(C)[C@]2([2H])C)C([2H])([2H])C([2H])([2H])C([2H])([2H])C3([2H])[2H])C([2H])([2H])C1([2H])[2H]. The molecule has 1 aliphatic carbocycles. The molecule has 3 heterocycles. The Bertz CT molecular complexity index is 4200. The van der Waals surface area contributed by atoms with E-state index in [9.17, 15) is 54.5 Å². The number of aryl methyl sites for hydroxylation is 2. The highest BCUT2D eigenvalue weighted by Gasteiger charge is 2.50. The van der Waals surface area contributed by atoms with Crippen molar-refractivity contribution >= 4 is 6.21 Å². The van der Waals surface area contributed by atoms with E-state index in [4.69, 9.17) is 10.2 Å². The first-order valence-corrected chi connectivity index (χ1v) is 30.4. The molecule has 3 fully saturated rings. The van der Waals surface area contributed by atoms with E-state index in [1.807, 2.05) is 6.92 Å². The lowest BCUT2D eigenvalue weighted by atomic mass is 9.76. The summed E-state index contributed by atoms with van der Waals surface area (Å²) in [6, 6.07) is -24.3. The van der Waals surface area contributed by atoms with Crippen molar-refractivity contribution in [1.82, 2.24) is 51.5 Å². The van der Waals surface area contributed by atoms with Crippen LogP contribution in [0.3, 0.4) is 0 Å². The van der Waals surface area contributed by atoms with Gasteiger partial charge in [-0.05, 0) is 153 Å². The lowest BCUT2D eigenvalue weighted by Gasteiger charge is -2.60. The fraction of sp³-hybridized carbons (Fsp3) is 0.708. The Hall–Kier alpha value is -4.36. The number of allylic oxidation sites excluding steroid dienone is 4. The van der Waals surface area contributed by atoms with Crippen LogP contribution >= 0.6 is 0 Å². The summed E-state index contributed by atoms with van der Waals surface area (Å²) in [6.45, 7) is -0.822. The third kappa shape index (κ3) is 21.1. The molecule has 0 bridgehead atoms. The molecule has 0 amide bonds. The Morgan fingerprint density at radius 3 is 2.16 bits per heavy atom. The summed E-state index contributed by atoms with van der Waals surface area (Å²) < 4.78 is 415. The van der Waals surface area contributed by atoms with E-state index in [0.717, 1.165) is 58.7 Å². The van der Waals surface area contributed by atoms with Gasteiger partial charge in [-0.25, -0.2) is 8.78 Å². The highest BCUT2D eigenvalue weighted by Crippen LogP contribution is 2.40. The second-order valence-electron chi connectivity index (χ2n) is 22.8. The Morgan fingerprint density at radius 1 is 0.843 bits per heavy atom. The first kappa shape index (κ1) is 38.7. The highest BCUT2D eigenvalue weighted by molar-refractivity contribution is 5.72. The van der Waals surface area contributed by atoms with Gasteiger partial charge in [-0.2, -0.15) is 13.2 Å². The van der Waals surface area contributed by atoms with E-state index in [1.165, 1.54) is 77.0 Å². The number of hydrogen-bond acceptors (Lipinski definition) is 12. The van der Waals surface area contributed by atoms with Gasteiger partial charge in [0.25, 0.3) is 0 Å². The summed E-state index contributed by atoms with van der Waals surface area (Å²) >= 11 is 0. The van der Waals surface area contributed by atoms with Gasteiger partial charge in [-0.15, -0.1) is 0 Å². The molecule has 14 atom stereocenters. The van der Waals surface area contributed by atoms with E-state index in [2.05, 4.69) is 10.3 Å². The quantitative estimate of drug-likeness (QED) is 0.102. The Balaban J connectivity index is 1.82. The van der Waals surface area contributed by atoms with Crippen molar-refractivity contribution in [3.8, 4) is 0 Å². The molecule has 1 saturated carbocycles. The number of ether oxygens (including phenoxy) is 1. The molecule has 6 rings (SSSR count). The van der Waals surface area contributed by atoms with Crippen molar-refractivity contribution in [2.45, 2.75) is 253 Å². The van der Waals surface area contributed by atoms with Crippen LogP contribution in [0.2, 0.25) is 7.06 Å². The number of rotatable bonds is 14. The molecule has 0 radical (unpaired) electrons. The molecule has 2 aromatic rings. The number of likely N-dealkylation sites (N-methyl/N-ethyl adjacent to an activating group) is 1. The summed E-state index contributed by atoms with van der Waals surface area (Å²) in [6.07, 6.45) is -27.7. The predicted molar refractivity (Wildman–Crippen MR) is 359 cm³/mol. The zero-order valence-electron chi connectivity index (χ0n) is 88.4. The third-order valence-electron chi connectivity index (χ3n) is 15.5. The summed E-state index contributed by atoms with van der Waals surface area (Å²) in [5.74, 6) is -11.8. The van der Waals surface area contributed by atoms with Gasteiger partial charge in [-0.1, -0.05) is 104 Å². The minimum absolute atomic E-state index is 0.0241. The lowest BCUT2D eigenvalue weighted by molar-refractivity contribution is -0.142. The number of nitrogens with zero attached hydrogens (tertiary/aromatic N) is 5. The normalized spacial score (nSPS) is 49.8. The van der Waals surface area contributed by atoms with Crippen LogP contribution in [0.4, 0.5) is 22.0 Å². The monoisotopic (exact) mass is 1280 g/mol. The molecule has 2 aromatic carbocycles. The number of nitrogens with one attached hydrogen (secondary N) is 6. The lowest BCUT2D eigenvalue weighted by Crippen LogP contribution is -2.73. The van der Waals surface area contributed by atoms with Crippen molar-refractivity contribution in [1.29, 1.82) is 0 Å². The molecule has 12 nitrogen and oxygen atoms in total. The first-order chi connectivity index (χ1) is 55.2. The Labute approximate surface area is 583 Å². The summed E-state index contributed by atoms with van der Waals surface area (Å²) in [5, 5.41) is 0.973. The van der Waals surface area contributed by atoms with Gasteiger partial charge in [0.2, 0.25) is 0 Å². The minimum Gasteiger partial charge on any atom is -0.369 e. The maximum atomic E-state index is 15.2. The number of aliphatic imine (C=N–C) groups is 1. The fourth-order valence-electron chi connectivity index (χ4n) is 9.77. The minimum atomic E-state index is -5.46. The highest BCUT2D eigenvalue weighted by atomic mass is 19.4. The molecular weight excluding hydrogens is 1130 g/mol. The summed E-state index contributed by atoms with van der Waals surface area (Å²) in [7, 11) is 1.48. The van der Waals surface area contributed by atoms with Crippen LogP contribution < -0.4 is 31.9 Å². The maximum absolute atomic E-state index is 15.2. The molecule has 502 valence electrons. The zero-order chi connectivity index (χ0) is 95.7. The Kier molecular flexibility index (Phi) is 15.3. The molecule has 17 heteroatoms. The number of benzene rings is 2. The maximum Gasteiger partial charge on any atom is 0.422 e. The Morgan fingerprint density at radius 2 is 1.53 bits per heavy atom. The number of alkyl halides is 3. The summed E-state index contributed by atoms with van der Waals surface area (Å²) in [4.78, 5) is 7.76. The van der Waals surface area contributed by atoms with Crippen LogP contribution in [0.15, 0.2) is 89.4 Å². The number of halogens is 5. The van der Waals surface area contributed by atoms with Crippen LogP contribution in [0.25, 0.3) is 0 Å². The van der Waals surface area contributed by atoms with Gasteiger partial charge in [0.1, 0.15) is 24.3 Å². The van der Waals surface area contributed by atoms with E-state index in [0.29, 0.717) is 36.4 Å². The van der Waals surface area contributed by atoms with Gasteiger partial charge < -0.3 is 51.3 Å². The van der Waals surface area contributed by atoms with Crippen LogP contribution in [0.5, 0.6) is 0 Å².